The number of hydrogen-bond acceptors (Lipinski definition) is 4. The van der Waals surface area contributed by atoms with Gasteiger partial charge in [0.1, 0.15) is 0 Å². The van der Waals surface area contributed by atoms with E-state index in [-0.39, 0.29) is 5.54 Å². The first-order chi connectivity index (χ1) is 9.00. The first-order valence-electron chi connectivity index (χ1n) is 7.56. The van der Waals surface area contributed by atoms with Gasteiger partial charge in [-0.2, -0.15) is 0 Å². The number of nitrogens with one attached hydrogen (secondary N) is 1. The molecule has 2 unspecified atom stereocenters. The van der Waals surface area contributed by atoms with Gasteiger partial charge in [0.05, 0.1) is 19.8 Å². The predicted octanol–water partition coefficient (Wildman–Crippen LogP) is 1.75. The van der Waals surface area contributed by atoms with Crippen molar-refractivity contribution in [3.63, 3.8) is 0 Å². The lowest BCUT2D eigenvalue weighted by molar-refractivity contribution is 0.0175. The molecule has 1 fully saturated rings. The minimum absolute atomic E-state index is 0.205. The van der Waals surface area contributed by atoms with Crippen molar-refractivity contribution in [2.24, 2.45) is 5.92 Å². The highest BCUT2D eigenvalue weighted by Crippen LogP contribution is 2.21. The van der Waals surface area contributed by atoms with E-state index in [1.165, 1.54) is 6.42 Å². The van der Waals surface area contributed by atoms with Gasteiger partial charge in [0.15, 0.2) is 0 Å². The third kappa shape index (κ3) is 5.78. The smallest absolute Gasteiger partial charge is 0.0700 e. The van der Waals surface area contributed by atoms with Crippen molar-refractivity contribution in [3.8, 4) is 0 Å². The van der Waals surface area contributed by atoms with Crippen LogP contribution in [0.5, 0.6) is 0 Å². The highest BCUT2D eigenvalue weighted by molar-refractivity contribution is 4.93. The van der Waals surface area contributed by atoms with E-state index in [4.69, 9.17) is 9.47 Å². The van der Waals surface area contributed by atoms with Crippen LogP contribution in [0.25, 0.3) is 0 Å². The van der Waals surface area contributed by atoms with Gasteiger partial charge >= 0.3 is 0 Å². The molecule has 0 saturated carbocycles. The minimum Gasteiger partial charge on any atom is -0.382 e. The highest BCUT2D eigenvalue weighted by Gasteiger charge is 2.34. The summed E-state index contributed by atoms with van der Waals surface area (Å²) in [5.41, 5.74) is 0.205. The first kappa shape index (κ1) is 16.9. The molecule has 0 amide bonds. The van der Waals surface area contributed by atoms with Crippen molar-refractivity contribution in [1.82, 2.24) is 10.2 Å². The molecule has 4 nitrogen and oxygen atoms in total. The van der Waals surface area contributed by atoms with Crippen LogP contribution in [-0.4, -0.2) is 63.0 Å². The molecule has 0 aromatic rings. The fourth-order valence-corrected chi connectivity index (χ4v) is 2.69. The fraction of sp³-hybridized carbons (Fsp3) is 1.00. The second-order valence-corrected chi connectivity index (χ2v) is 6.29. The largest absolute Gasteiger partial charge is 0.382 e. The Morgan fingerprint density at radius 1 is 1.32 bits per heavy atom. The Kier molecular flexibility index (Phi) is 7.29. The number of hydrogen-bond donors (Lipinski definition) is 1. The molecule has 1 heterocycles. The van der Waals surface area contributed by atoms with E-state index in [1.54, 1.807) is 7.11 Å². The molecule has 0 aliphatic carbocycles. The van der Waals surface area contributed by atoms with Gasteiger partial charge in [0, 0.05) is 38.3 Å². The summed E-state index contributed by atoms with van der Waals surface area (Å²) in [5.74, 6) is 0.725. The van der Waals surface area contributed by atoms with E-state index in [9.17, 15) is 0 Å². The number of rotatable bonds is 8. The molecule has 0 spiro atoms. The van der Waals surface area contributed by atoms with Gasteiger partial charge in [0.2, 0.25) is 0 Å². The van der Waals surface area contributed by atoms with Crippen LogP contribution in [0.2, 0.25) is 0 Å². The Morgan fingerprint density at radius 2 is 2.05 bits per heavy atom. The summed E-state index contributed by atoms with van der Waals surface area (Å²) in [4.78, 5) is 2.59. The van der Waals surface area contributed by atoms with Crippen molar-refractivity contribution in [2.45, 2.75) is 45.7 Å². The summed E-state index contributed by atoms with van der Waals surface area (Å²) in [6, 6.07) is 0.629. The van der Waals surface area contributed by atoms with Crippen LogP contribution in [0.4, 0.5) is 0 Å². The normalized spacial score (nSPS) is 25.4. The molecule has 114 valence electrons. The zero-order chi connectivity index (χ0) is 14.3. The lowest BCUT2D eigenvalue weighted by Gasteiger charge is -2.46. The quantitative estimate of drug-likeness (QED) is 0.683. The highest BCUT2D eigenvalue weighted by atomic mass is 16.5. The third-order valence-corrected chi connectivity index (χ3v) is 4.11. The predicted molar refractivity (Wildman–Crippen MR) is 79.6 cm³/mol. The Hall–Kier alpha value is -0.160. The second kappa shape index (κ2) is 8.20. The van der Waals surface area contributed by atoms with Crippen LogP contribution < -0.4 is 5.32 Å². The number of piperazine rings is 1. The molecule has 2 atom stereocenters. The second-order valence-electron chi connectivity index (χ2n) is 6.29. The molecule has 1 saturated heterocycles. The molecule has 0 aromatic heterocycles. The van der Waals surface area contributed by atoms with E-state index >= 15 is 0 Å². The van der Waals surface area contributed by atoms with Gasteiger partial charge in [-0.1, -0.05) is 20.3 Å². The average molecular weight is 272 g/mol. The minimum atomic E-state index is 0.205. The van der Waals surface area contributed by atoms with Crippen LogP contribution in [-0.2, 0) is 9.47 Å². The van der Waals surface area contributed by atoms with Crippen LogP contribution in [0.1, 0.15) is 34.1 Å². The summed E-state index contributed by atoms with van der Waals surface area (Å²) >= 11 is 0. The molecule has 0 bridgehead atoms. The maximum atomic E-state index is 5.62. The maximum absolute atomic E-state index is 5.62. The van der Waals surface area contributed by atoms with Gasteiger partial charge in [-0.15, -0.1) is 0 Å². The molecule has 1 rings (SSSR count). The van der Waals surface area contributed by atoms with Gasteiger partial charge in [-0.25, -0.2) is 0 Å². The third-order valence-electron chi connectivity index (χ3n) is 4.11. The first-order valence-corrected chi connectivity index (χ1v) is 7.56. The monoisotopic (exact) mass is 272 g/mol. The topological polar surface area (TPSA) is 33.7 Å². The SMILES string of the molecule is CCC(C)C1CNC(C)(C)CN1CCOCCOC. The van der Waals surface area contributed by atoms with Crippen molar-refractivity contribution in [3.05, 3.63) is 0 Å². The van der Waals surface area contributed by atoms with Gasteiger partial charge in [-0.05, 0) is 19.8 Å². The van der Waals surface area contributed by atoms with E-state index in [2.05, 4.69) is 37.9 Å². The summed E-state index contributed by atoms with van der Waals surface area (Å²) in [6.07, 6.45) is 1.23. The zero-order valence-electron chi connectivity index (χ0n) is 13.4. The fourth-order valence-electron chi connectivity index (χ4n) is 2.69. The average Bonchev–Trinajstić information content (AvgIpc) is 2.37. The van der Waals surface area contributed by atoms with Gasteiger partial charge in [0.25, 0.3) is 0 Å². The Bertz CT molecular complexity index is 246. The zero-order valence-corrected chi connectivity index (χ0v) is 13.4. The van der Waals surface area contributed by atoms with Crippen LogP contribution in [0.15, 0.2) is 0 Å². The molecule has 0 aromatic carbocycles. The van der Waals surface area contributed by atoms with E-state index in [1.807, 2.05) is 0 Å². The Morgan fingerprint density at radius 3 is 2.68 bits per heavy atom. The van der Waals surface area contributed by atoms with Gasteiger partial charge in [-0.3, -0.25) is 4.90 Å². The lowest BCUT2D eigenvalue weighted by atomic mass is 9.91. The molecule has 1 N–H and O–H groups in total. The van der Waals surface area contributed by atoms with Gasteiger partial charge < -0.3 is 14.8 Å². The van der Waals surface area contributed by atoms with E-state index < -0.39 is 0 Å². The number of methoxy groups -OCH3 is 1. The van der Waals surface area contributed by atoms with Crippen LogP contribution in [0.3, 0.4) is 0 Å². The lowest BCUT2D eigenvalue weighted by Crippen LogP contribution is -2.63. The Balaban J connectivity index is 2.42. The summed E-state index contributed by atoms with van der Waals surface area (Å²) in [5, 5.41) is 3.66. The van der Waals surface area contributed by atoms with Crippen molar-refractivity contribution >= 4 is 0 Å². The summed E-state index contributed by atoms with van der Waals surface area (Å²) in [7, 11) is 1.71. The summed E-state index contributed by atoms with van der Waals surface area (Å²) in [6.45, 7) is 14.5. The van der Waals surface area contributed by atoms with E-state index in [0.717, 1.165) is 32.2 Å². The molecule has 0 radical (unpaired) electrons. The van der Waals surface area contributed by atoms with Crippen LogP contribution in [0, 0.1) is 5.92 Å². The molecular weight excluding hydrogens is 240 g/mol. The molecule has 19 heavy (non-hydrogen) atoms. The van der Waals surface area contributed by atoms with E-state index in [0.29, 0.717) is 19.3 Å². The number of nitrogens with zero attached hydrogens (tertiary/aromatic N) is 1. The standard InChI is InChI=1S/C15H32N2O2/c1-6-13(2)14-11-16-15(3,4)12-17(14)7-8-19-10-9-18-5/h13-14,16H,6-12H2,1-5H3. The molecular formula is C15H32N2O2. The van der Waals surface area contributed by atoms with Crippen molar-refractivity contribution in [2.75, 3.05) is 46.6 Å². The molecule has 4 heteroatoms. The molecule has 1 aliphatic heterocycles. The molecule has 1 aliphatic rings. The summed E-state index contributed by atoms with van der Waals surface area (Å²) < 4.78 is 10.6. The Labute approximate surface area is 118 Å². The van der Waals surface area contributed by atoms with Crippen LogP contribution >= 0.6 is 0 Å². The maximum Gasteiger partial charge on any atom is 0.0700 e. The number of ether oxygens (including phenoxy) is 2. The van der Waals surface area contributed by atoms with Crippen molar-refractivity contribution in [1.29, 1.82) is 0 Å². The van der Waals surface area contributed by atoms with Crippen molar-refractivity contribution < 1.29 is 9.47 Å².